The molecule has 0 amide bonds. The van der Waals surface area contributed by atoms with Gasteiger partial charge in [0.1, 0.15) is 11.2 Å². The van der Waals surface area contributed by atoms with Crippen molar-refractivity contribution in [2.75, 3.05) is 0 Å². The van der Waals surface area contributed by atoms with Crippen molar-refractivity contribution < 1.29 is 8.83 Å². The summed E-state index contributed by atoms with van der Waals surface area (Å²) in [4.78, 5) is 12.2. The second-order valence-electron chi connectivity index (χ2n) is 7.12. The van der Waals surface area contributed by atoms with Crippen molar-refractivity contribution in [2.24, 2.45) is 0 Å². The van der Waals surface area contributed by atoms with Gasteiger partial charge in [0.15, 0.2) is 0 Å². The van der Waals surface area contributed by atoms with Crippen LogP contribution in [0.3, 0.4) is 0 Å². The third-order valence-electron chi connectivity index (χ3n) is 5.25. The lowest BCUT2D eigenvalue weighted by Crippen LogP contribution is -1.99. The lowest BCUT2D eigenvalue weighted by molar-refractivity contribution is 0.557. The zero-order valence-electron chi connectivity index (χ0n) is 15.7. The predicted octanol–water partition coefficient (Wildman–Crippen LogP) is 6.49. The van der Waals surface area contributed by atoms with Gasteiger partial charge in [-0.05, 0) is 36.6 Å². The molecule has 0 spiro atoms. The van der Waals surface area contributed by atoms with Crippen LogP contribution in [-0.2, 0) is 0 Å². The quantitative estimate of drug-likeness (QED) is 0.335. The van der Waals surface area contributed by atoms with Crippen molar-refractivity contribution in [3.63, 3.8) is 0 Å². The molecule has 28 heavy (non-hydrogen) atoms. The molecular formula is C25H18O3. The first-order valence-electron chi connectivity index (χ1n) is 9.23. The highest BCUT2D eigenvalue weighted by atomic mass is 16.4. The van der Waals surface area contributed by atoms with Gasteiger partial charge in [-0.25, -0.2) is 4.79 Å². The third-order valence-corrected chi connectivity index (χ3v) is 5.25. The fourth-order valence-corrected chi connectivity index (χ4v) is 3.79. The molecule has 0 fully saturated rings. The predicted molar refractivity (Wildman–Crippen MR) is 113 cm³/mol. The van der Waals surface area contributed by atoms with E-state index in [1.807, 2.05) is 37.3 Å². The van der Waals surface area contributed by atoms with Crippen LogP contribution >= 0.6 is 0 Å². The van der Waals surface area contributed by atoms with E-state index in [1.54, 1.807) is 12.3 Å². The molecule has 5 rings (SSSR count). The Labute approximate surface area is 161 Å². The fraction of sp³-hybridized carbons (Fsp3) is 0.0800. The summed E-state index contributed by atoms with van der Waals surface area (Å²) in [5.41, 5.74) is 6.99. The van der Waals surface area contributed by atoms with Crippen molar-refractivity contribution in [2.45, 2.75) is 13.8 Å². The van der Waals surface area contributed by atoms with Crippen LogP contribution in [0, 0.1) is 13.8 Å². The molecule has 5 aromatic rings. The Morgan fingerprint density at radius 2 is 1.39 bits per heavy atom. The number of rotatable bonds is 2. The van der Waals surface area contributed by atoms with Crippen LogP contribution in [0.4, 0.5) is 0 Å². The lowest BCUT2D eigenvalue weighted by atomic mass is 9.96. The van der Waals surface area contributed by atoms with Crippen LogP contribution in [0.2, 0.25) is 0 Å². The molecule has 3 nitrogen and oxygen atoms in total. The summed E-state index contributed by atoms with van der Waals surface area (Å²) in [5.74, 6) is 0. The van der Waals surface area contributed by atoms with Crippen molar-refractivity contribution in [3.8, 4) is 22.3 Å². The number of aryl methyl sites for hydroxylation is 2. The van der Waals surface area contributed by atoms with Gasteiger partial charge in [0.25, 0.3) is 0 Å². The molecule has 3 heteroatoms. The first kappa shape index (κ1) is 16.6. The van der Waals surface area contributed by atoms with Gasteiger partial charge in [0, 0.05) is 28.0 Å². The molecule has 0 radical (unpaired) electrons. The highest BCUT2D eigenvalue weighted by molar-refractivity contribution is 6.08. The van der Waals surface area contributed by atoms with Crippen LogP contribution in [0.15, 0.2) is 86.6 Å². The number of hydrogen-bond acceptors (Lipinski definition) is 3. The van der Waals surface area contributed by atoms with Crippen molar-refractivity contribution in [1.82, 2.24) is 0 Å². The van der Waals surface area contributed by atoms with Gasteiger partial charge in [0.2, 0.25) is 0 Å². The average molecular weight is 366 g/mol. The van der Waals surface area contributed by atoms with Crippen molar-refractivity contribution in [1.29, 1.82) is 0 Å². The van der Waals surface area contributed by atoms with Gasteiger partial charge in [-0.1, -0.05) is 60.2 Å². The summed E-state index contributed by atoms with van der Waals surface area (Å²) in [6, 6.07) is 21.9. The molecule has 0 aliphatic carbocycles. The first-order valence-corrected chi connectivity index (χ1v) is 9.23. The topological polar surface area (TPSA) is 43.4 Å². The molecular weight excluding hydrogens is 348 g/mol. The lowest BCUT2D eigenvalue weighted by Gasteiger charge is -2.09. The Morgan fingerprint density at radius 1 is 0.714 bits per heavy atom. The molecule has 0 aliphatic rings. The molecule has 136 valence electrons. The van der Waals surface area contributed by atoms with E-state index in [-0.39, 0.29) is 5.63 Å². The Bertz CT molecular complexity index is 1370. The van der Waals surface area contributed by atoms with E-state index < -0.39 is 0 Å². The van der Waals surface area contributed by atoms with Gasteiger partial charge in [0.05, 0.1) is 6.26 Å². The number of benzene rings is 3. The monoisotopic (exact) mass is 366 g/mol. The van der Waals surface area contributed by atoms with Gasteiger partial charge in [-0.2, -0.15) is 0 Å². The minimum Gasteiger partial charge on any atom is -0.463 e. The van der Waals surface area contributed by atoms with Crippen LogP contribution in [0.25, 0.3) is 44.2 Å². The molecule has 0 atom stereocenters. The van der Waals surface area contributed by atoms with Gasteiger partial charge in [-0.3, -0.25) is 0 Å². The molecule has 0 unspecified atom stereocenters. The zero-order valence-corrected chi connectivity index (χ0v) is 15.7. The molecule has 0 saturated heterocycles. The fourth-order valence-electron chi connectivity index (χ4n) is 3.79. The Kier molecular flexibility index (Phi) is 3.69. The van der Waals surface area contributed by atoms with E-state index in [4.69, 9.17) is 8.83 Å². The van der Waals surface area contributed by atoms with E-state index in [0.29, 0.717) is 5.58 Å². The second-order valence-corrected chi connectivity index (χ2v) is 7.12. The SMILES string of the molecule is Cc1ccc(-c2coc3c(C)c4oc(=O)cc(-c5ccccc5)c4cc23)cc1. The number of hydrogen-bond donors (Lipinski definition) is 0. The highest BCUT2D eigenvalue weighted by Crippen LogP contribution is 2.38. The summed E-state index contributed by atoms with van der Waals surface area (Å²) in [6.07, 6.45) is 1.78. The summed E-state index contributed by atoms with van der Waals surface area (Å²) in [6.45, 7) is 4.01. The van der Waals surface area contributed by atoms with Crippen LogP contribution in [-0.4, -0.2) is 0 Å². The third kappa shape index (κ3) is 2.55. The second kappa shape index (κ2) is 6.24. The van der Waals surface area contributed by atoms with Crippen molar-refractivity contribution in [3.05, 3.63) is 94.5 Å². The summed E-state index contributed by atoms with van der Waals surface area (Å²) in [5, 5.41) is 1.92. The van der Waals surface area contributed by atoms with Crippen LogP contribution in [0.1, 0.15) is 11.1 Å². The highest BCUT2D eigenvalue weighted by Gasteiger charge is 2.17. The van der Waals surface area contributed by atoms with E-state index in [2.05, 4.69) is 37.3 Å². The molecule has 2 heterocycles. The van der Waals surface area contributed by atoms with Gasteiger partial charge in [-0.15, -0.1) is 0 Å². The van der Waals surface area contributed by atoms with E-state index in [9.17, 15) is 4.79 Å². The van der Waals surface area contributed by atoms with E-state index in [1.165, 1.54) is 5.56 Å². The number of fused-ring (bicyclic) bond motifs is 2. The summed E-state index contributed by atoms with van der Waals surface area (Å²) >= 11 is 0. The smallest absolute Gasteiger partial charge is 0.336 e. The maximum Gasteiger partial charge on any atom is 0.336 e. The first-order chi connectivity index (χ1) is 13.6. The summed E-state index contributed by atoms with van der Waals surface area (Å²) in [7, 11) is 0. The molecule has 2 aromatic heterocycles. The Hall–Kier alpha value is -3.59. The van der Waals surface area contributed by atoms with Gasteiger partial charge < -0.3 is 8.83 Å². The number of furan rings is 1. The molecule has 3 aromatic carbocycles. The average Bonchev–Trinajstić information content (AvgIpc) is 3.14. The maximum absolute atomic E-state index is 12.2. The zero-order chi connectivity index (χ0) is 19.3. The Morgan fingerprint density at radius 3 is 2.14 bits per heavy atom. The molecule has 0 saturated carbocycles. The molecule has 0 bridgehead atoms. The maximum atomic E-state index is 12.2. The van der Waals surface area contributed by atoms with Crippen LogP contribution < -0.4 is 5.63 Å². The summed E-state index contributed by atoms with van der Waals surface area (Å²) < 4.78 is 11.5. The normalized spacial score (nSPS) is 11.4. The van der Waals surface area contributed by atoms with Crippen LogP contribution in [0.5, 0.6) is 0 Å². The van der Waals surface area contributed by atoms with Gasteiger partial charge >= 0.3 is 5.63 Å². The molecule has 0 aliphatic heterocycles. The standard InChI is InChI=1S/C25H18O3/c1-15-8-10-18(11-9-15)22-14-27-24-16(2)25-20(12-21(22)24)19(13-23(26)28-25)17-6-4-3-5-7-17/h3-14H,1-2H3. The minimum atomic E-state index is -0.362. The Balaban J connectivity index is 1.87. The largest absolute Gasteiger partial charge is 0.463 e. The minimum absolute atomic E-state index is 0.362. The van der Waals surface area contributed by atoms with E-state index >= 15 is 0 Å². The van der Waals surface area contributed by atoms with Crippen molar-refractivity contribution >= 4 is 21.9 Å². The molecule has 0 N–H and O–H groups in total. The van der Waals surface area contributed by atoms with E-state index in [0.717, 1.165) is 44.2 Å².